The fourth-order valence-electron chi connectivity index (χ4n) is 3.20. The highest BCUT2D eigenvalue weighted by molar-refractivity contribution is 5.22. The minimum absolute atomic E-state index is 0.463. The van der Waals surface area contributed by atoms with Crippen molar-refractivity contribution in [1.82, 2.24) is 4.90 Å². The van der Waals surface area contributed by atoms with Crippen molar-refractivity contribution >= 4 is 0 Å². The molecule has 108 valence electrons. The zero-order chi connectivity index (χ0) is 14.5. The van der Waals surface area contributed by atoms with Gasteiger partial charge in [-0.1, -0.05) is 72.8 Å². The molecule has 0 fully saturated rings. The predicted octanol–water partition coefficient (Wildman–Crippen LogP) is 4.62. The van der Waals surface area contributed by atoms with Gasteiger partial charge in [0.25, 0.3) is 0 Å². The van der Waals surface area contributed by atoms with Crippen LogP contribution in [-0.2, 0) is 6.42 Å². The fraction of sp³-hybridized carbons (Fsp3) is 0.300. The molecule has 1 heterocycles. The Morgan fingerprint density at radius 1 is 1.00 bits per heavy atom. The van der Waals surface area contributed by atoms with Crippen LogP contribution in [0.3, 0.4) is 0 Å². The van der Waals surface area contributed by atoms with Gasteiger partial charge in [-0.3, -0.25) is 4.90 Å². The monoisotopic (exact) mass is 277 g/mol. The summed E-state index contributed by atoms with van der Waals surface area (Å²) >= 11 is 0. The first-order chi connectivity index (χ1) is 10.3. The molecular weight excluding hydrogens is 254 g/mol. The largest absolute Gasteiger partial charge is 0.290 e. The molecule has 0 saturated carbocycles. The second-order valence-corrected chi connectivity index (χ2v) is 5.80. The van der Waals surface area contributed by atoms with Crippen LogP contribution in [0.1, 0.15) is 30.5 Å². The summed E-state index contributed by atoms with van der Waals surface area (Å²) in [6.07, 6.45) is 6.97. The van der Waals surface area contributed by atoms with Crippen LogP contribution in [0.5, 0.6) is 0 Å². The van der Waals surface area contributed by atoms with E-state index < -0.39 is 0 Å². The molecular formula is C20H23N. The average Bonchev–Trinajstić information content (AvgIpc) is 2.56. The third-order valence-electron chi connectivity index (χ3n) is 4.41. The second-order valence-electron chi connectivity index (χ2n) is 5.80. The summed E-state index contributed by atoms with van der Waals surface area (Å²) in [5, 5.41) is 0. The van der Waals surface area contributed by atoms with E-state index in [1.165, 1.54) is 11.1 Å². The third-order valence-corrected chi connectivity index (χ3v) is 4.41. The predicted molar refractivity (Wildman–Crippen MR) is 89.3 cm³/mol. The topological polar surface area (TPSA) is 3.24 Å². The first-order valence-electron chi connectivity index (χ1n) is 7.86. The molecule has 1 nitrogen and oxygen atoms in total. The normalized spacial score (nSPS) is 20.3. The van der Waals surface area contributed by atoms with E-state index in [1.54, 1.807) is 0 Å². The van der Waals surface area contributed by atoms with Crippen molar-refractivity contribution in [3.05, 3.63) is 83.9 Å². The van der Waals surface area contributed by atoms with Crippen molar-refractivity contribution in [2.75, 3.05) is 6.54 Å². The summed E-state index contributed by atoms with van der Waals surface area (Å²) < 4.78 is 0. The lowest BCUT2D eigenvalue weighted by Crippen LogP contribution is -2.40. The highest BCUT2D eigenvalue weighted by Crippen LogP contribution is 2.27. The lowest BCUT2D eigenvalue weighted by atomic mass is 9.97. The SMILES string of the molecule is C[C@@H](c1ccccc1)N1CCC=C[C@H]1Cc1ccccc1. The van der Waals surface area contributed by atoms with E-state index in [1.807, 2.05) is 0 Å². The standard InChI is InChI=1S/C20H23N/c1-17(19-12-6-3-7-13-19)21-15-9-8-14-20(21)16-18-10-4-2-5-11-18/h2-8,10-14,17,20H,9,15-16H2,1H3/t17-,20-/m0/s1. The van der Waals surface area contributed by atoms with Crippen LogP contribution >= 0.6 is 0 Å². The number of benzene rings is 2. The number of nitrogens with zero attached hydrogens (tertiary/aromatic N) is 1. The summed E-state index contributed by atoms with van der Waals surface area (Å²) in [5.41, 5.74) is 2.82. The Bertz CT molecular complexity index is 573. The summed E-state index contributed by atoms with van der Waals surface area (Å²) in [6, 6.07) is 22.6. The van der Waals surface area contributed by atoms with Crippen molar-refractivity contribution in [3.63, 3.8) is 0 Å². The van der Waals surface area contributed by atoms with E-state index in [4.69, 9.17) is 0 Å². The van der Waals surface area contributed by atoms with Crippen molar-refractivity contribution in [1.29, 1.82) is 0 Å². The second kappa shape index (κ2) is 6.73. The van der Waals surface area contributed by atoms with Gasteiger partial charge in [0, 0.05) is 18.6 Å². The summed E-state index contributed by atoms with van der Waals surface area (Å²) in [4.78, 5) is 2.63. The smallest absolute Gasteiger partial charge is 0.0326 e. The van der Waals surface area contributed by atoms with E-state index in [0.717, 1.165) is 19.4 Å². The maximum atomic E-state index is 2.63. The van der Waals surface area contributed by atoms with Crippen molar-refractivity contribution in [2.24, 2.45) is 0 Å². The average molecular weight is 277 g/mol. The molecule has 0 saturated heterocycles. The Morgan fingerprint density at radius 3 is 2.38 bits per heavy atom. The molecule has 0 unspecified atom stereocenters. The van der Waals surface area contributed by atoms with Gasteiger partial charge in [-0.05, 0) is 30.9 Å². The van der Waals surface area contributed by atoms with E-state index in [-0.39, 0.29) is 0 Å². The molecule has 3 rings (SSSR count). The van der Waals surface area contributed by atoms with Gasteiger partial charge < -0.3 is 0 Å². The Hall–Kier alpha value is -1.86. The Kier molecular flexibility index (Phi) is 4.52. The molecule has 0 aliphatic carbocycles. The minimum atomic E-state index is 0.463. The molecule has 2 atom stereocenters. The van der Waals surface area contributed by atoms with Crippen LogP contribution in [0.4, 0.5) is 0 Å². The first kappa shape index (κ1) is 14.1. The van der Waals surface area contributed by atoms with Gasteiger partial charge in [0.05, 0.1) is 0 Å². The van der Waals surface area contributed by atoms with E-state index in [9.17, 15) is 0 Å². The van der Waals surface area contributed by atoms with E-state index in [0.29, 0.717) is 12.1 Å². The molecule has 1 aliphatic rings. The summed E-state index contributed by atoms with van der Waals surface area (Å²) in [5.74, 6) is 0. The van der Waals surface area contributed by atoms with Crippen molar-refractivity contribution in [2.45, 2.75) is 31.8 Å². The summed E-state index contributed by atoms with van der Waals surface area (Å²) in [7, 11) is 0. The lowest BCUT2D eigenvalue weighted by Gasteiger charge is -2.37. The maximum absolute atomic E-state index is 2.63. The highest BCUT2D eigenvalue weighted by Gasteiger charge is 2.24. The van der Waals surface area contributed by atoms with Gasteiger partial charge >= 0.3 is 0 Å². The molecule has 0 radical (unpaired) electrons. The van der Waals surface area contributed by atoms with Gasteiger partial charge in [0.2, 0.25) is 0 Å². The van der Waals surface area contributed by atoms with E-state index >= 15 is 0 Å². The Morgan fingerprint density at radius 2 is 1.67 bits per heavy atom. The van der Waals surface area contributed by atoms with Crippen LogP contribution in [0.25, 0.3) is 0 Å². The lowest BCUT2D eigenvalue weighted by molar-refractivity contribution is 0.165. The van der Waals surface area contributed by atoms with Crippen molar-refractivity contribution < 1.29 is 0 Å². The van der Waals surface area contributed by atoms with Gasteiger partial charge in [-0.2, -0.15) is 0 Å². The molecule has 0 aromatic heterocycles. The van der Waals surface area contributed by atoms with E-state index in [2.05, 4.69) is 84.6 Å². The van der Waals surface area contributed by atoms with Gasteiger partial charge in [0.15, 0.2) is 0 Å². The molecule has 0 amide bonds. The maximum Gasteiger partial charge on any atom is 0.0326 e. The Labute approximate surface area is 127 Å². The quantitative estimate of drug-likeness (QED) is 0.737. The van der Waals surface area contributed by atoms with Gasteiger partial charge in [-0.15, -0.1) is 0 Å². The van der Waals surface area contributed by atoms with Crippen LogP contribution < -0.4 is 0 Å². The van der Waals surface area contributed by atoms with Gasteiger partial charge in [-0.25, -0.2) is 0 Å². The number of rotatable bonds is 4. The minimum Gasteiger partial charge on any atom is -0.290 e. The molecule has 0 bridgehead atoms. The molecule has 1 aliphatic heterocycles. The molecule has 1 heteroatoms. The Balaban J connectivity index is 1.78. The van der Waals surface area contributed by atoms with Gasteiger partial charge in [0.1, 0.15) is 0 Å². The highest BCUT2D eigenvalue weighted by atomic mass is 15.2. The van der Waals surface area contributed by atoms with Crippen LogP contribution in [0.2, 0.25) is 0 Å². The fourth-order valence-corrected chi connectivity index (χ4v) is 3.20. The molecule has 0 spiro atoms. The first-order valence-corrected chi connectivity index (χ1v) is 7.86. The van der Waals surface area contributed by atoms with Crippen LogP contribution in [0, 0.1) is 0 Å². The molecule has 0 N–H and O–H groups in total. The summed E-state index contributed by atoms with van der Waals surface area (Å²) in [6.45, 7) is 3.47. The van der Waals surface area contributed by atoms with Crippen molar-refractivity contribution in [3.8, 4) is 0 Å². The zero-order valence-electron chi connectivity index (χ0n) is 12.7. The van der Waals surface area contributed by atoms with Crippen LogP contribution in [0.15, 0.2) is 72.8 Å². The number of hydrogen-bond acceptors (Lipinski definition) is 1. The van der Waals surface area contributed by atoms with Crippen LogP contribution in [-0.4, -0.2) is 17.5 Å². The third kappa shape index (κ3) is 3.43. The molecule has 2 aromatic carbocycles. The molecule has 21 heavy (non-hydrogen) atoms. The number of hydrogen-bond donors (Lipinski definition) is 0. The zero-order valence-corrected chi connectivity index (χ0v) is 12.7. The molecule has 2 aromatic rings.